The van der Waals surface area contributed by atoms with E-state index in [9.17, 15) is 19.5 Å². The molecule has 9 heteroatoms. The number of alkyl carbamates (subject to hydrolysis) is 1. The van der Waals surface area contributed by atoms with Gasteiger partial charge in [0.25, 0.3) is 5.91 Å². The summed E-state index contributed by atoms with van der Waals surface area (Å²) < 4.78 is 5.42. The molecule has 8 nitrogen and oxygen atoms in total. The number of aromatic hydroxyl groups is 1. The number of carbonyl (C=O) groups excluding carboxylic acids is 3. The third kappa shape index (κ3) is 8.88. The Morgan fingerprint density at radius 2 is 1.65 bits per heavy atom. The van der Waals surface area contributed by atoms with Gasteiger partial charge in [-0.15, -0.1) is 0 Å². The van der Waals surface area contributed by atoms with Gasteiger partial charge < -0.3 is 25.4 Å². The number of phenols is 1. The van der Waals surface area contributed by atoms with E-state index in [2.05, 4.69) is 10.6 Å². The van der Waals surface area contributed by atoms with E-state index in [1.54, 1.807) is 58.0 Å². The van der Waals surface area contributed by atoms with Gasteiger partial charge in [0.2, 0.25) is 5.91 Å². The van der Waals surface area contributed by atoms with Gasteiger partial charge in [0.1, 0.15) is 23.4 Å². The summed E-state index contributed by atoms with van der Waals surface area (Å²) in [6.45, 7) is 14.7. The van der Waals surface area contributed by atoms with Crippen LogP contribution in [0.2, 0.25) is 5.02 Å². The molecule has 3 amide bonds. The van der Waals surface area contributed by atoms with E-state index in [1.165, 1.54) is 4.90 Å². The highest BCUT2D eigenvalue weighted by atomic mass is 35.5. The number of hydrogen-bond acceptors (Lipinski definition) is 5. The first kappa shape index (κ1) is 32.9. The lowest BCUT2D eigenvalue weighted by molar-refractivity contribution is -0.141. The Bertz CT molecular complexity index is 1170. The van der Waals surface area contributed by atoms with Crippen LogP contribution in [-0.2, 0) is 14.3 Å². The Hall–Kier alpha value is -3.26. The highest BCUT2D eigenvalue weighted by molar-refractivity contribution is 6.34. The third-order valence-electron chi connectivity index (χ3n) is 6.48. The Morgan fingerprint density at radius 1 is 1.02 bits per heavy atom. The molecule has 40 heavy (non-hydrogen) atoms. The van der Waals surface area contributed by atoms with Crippen molar-refractivity contribution in [3.8, 4) is 5.75 Å². The van der Waals surface area contributed by atoms with Crippen molar-refractivity contribution >= 4 is 35.2 Å². The average molecular weight is 574 g/mol. The first-order valence-electron chi connectivity index (χ1n) is 13.8. The first-order valence-corrected chi connectivity index (χ1v) is 14.2. The molecule has 0 aliphatic carbocycles. The van der Waals surface area contributed by atoms with Crippen LogP contribution in [0.25, 0.3) is 0 Å². The van der Waals surface area contributed by atoms with Crippen LogP contribution >= 0.6 is 11.6 Å². The number of unbranched alkanes of at least 4 members (excludes halogenated alkanes) is 2. The van der Waals surface area contributed by atoms with E-state index in [-0.39, 0.29) is 23.8 Å². The molecule has 2 aromatic carbocycles. The second-order valence-electron chi connectivity index (χ2n) is 11.4. The standard InChI is InChI=1S/C31H44ClN3O5/c1-9-10-11-18-35(29(38)24(19(2)3)34-30(39)40-31(6,7)8)26(22-16-12-15-21(5)27(22)36)28(37)33-25-20(4)14-13-17-23(25)32/h12-17,19,24,26,36H,9-11,18H2,1-8H3,(H,33,37)(H,34,39). The van der Waals surface area contributed by atoms with E-state index in [0.717, 1.165) is 18.4 Å². The number of ether oxygens (including phenoxy) is 1. The fourth-order valence-electron chi connectivity index (χ4n) is 4.36. The molecule has 2 unspecified atom stereocenters. The third-order valence-corrected chi connectivity index (χ3v) is 6.80. The SMILES string of the molecule is CCCCCN(C(=O)C(NC(=O)OC(C)(C)C)C(C)C)C(C(=O)Nc1c(C)cccc1Cl)c1cccc(C)c1O. The number of para-hydroxylation sites is 2. The number of nitrogens with one attached hydrogen (secondary N) is 2. The van der Waals surface area contributed by atoms with Gasteiger partial charge in [-0.2, -0.15) is 0 Å². The smallest absolute Gasteiger partial charge is 0.408 e. The number of carbonyl (C=O) groups is 3. The zero-order chi connectivity index (χ0) is 30.2. The van der Waals surface area contributed by atoms with Gasteiger partial charge in [0.15, 0.2) is 0 Å². The number of phenolic OH excluding ortho intramolecular Hbond substituents is 1. The van der Waals surface area contributed by atoms with E-state index >= 15 is 0 Å². The maximum Gasteiger partial charge on any atom is 0.408 e. The van der Waals surface area contributed by atoms with Crippen LogP contribution in [0, 0.1) is 19.8 Å². The molecule has 0 saturated carbocycles. The topological polar surface area (TPSA) is 108 Å². The lowest BCUT2D eigenvalue weighted by Crippen LogP contribution is -2.54. The summed E-state index contributed by atoms with van der Waals surface area (Å²) in [7, 11) is 0. The molecule has 0 aliphatic heterocycles. The number of nitrogens with zero attached hydrogens (tertiary/aromatic N) is 1. The van der Waals surface area contributed by atoms with E-state index < -0.39 is 35.6 Å². The molecular formula is C31H44ClN3O5. The number of halogens is 1. The molecule has 0 aromatic heterocycles. The Balaban J connectivity index is 2.63. The van der Waals surface area contributed by atoms with Gasteiger partial charge in [-0.1, -0.05) is 75.5 Å². The van der Waals surface area contributed by atoms with Gasteiger partial charge in [0.05, 0.1) is 10.7 Å². The summed E-state index contributed by atoms with van der Waals surface area (Å²) in [5, 5.41) is 17.1. The Morgan fingerprint density at radius 3 is 2.23 bits per heavy atom. The minimum atomic E-state index is -1.19. The largest absolute Gasteiger partial charge is 0.507 e. The number of hydrogen-bond donors (Lipinski definition) is 3. The molecular weight excluding hydrogens is 530 g/mol. The molecule has 3 N–H and O–H groups in total. The van der Waals surface area contributed by atoms with Crippen LogP contribution in [-0.4, -0.2) is 46.1 Å². The summed E-state index contributed by atoms with van der Waals surface area (Å²) >= 11 is 6.42. The monoisotopic (exact) mass is 573 g/mol. The molecule has 0 bridgehead atoms. The zero-order valence-electron chi connectivity index (χ0n) is 24.9. The van der Waals surface area contributed by atoms with Crippen molar-refractivity contribution in [2.24, 2.45) is 5.92 Å². The zero-order valence-corrected chi connectivity index (χ0v) is 25.7. The van der Waals surface area contributed by atoms with Gasteiger partial charge in [-0.25, -0.2) is 4.79 Å². The predicted molar refractivity (Wildman–Crippen MR) is 160 cm³/mol. The number of aryl methyl sites for hydroxylation is 2. The van der Waals surface area contributed by atoms with Crippen molar-refractivity contribution < 1.29 is 24.2 Å². The molecule has 0 heterocycles. The van der Waals surface area contributed by atoms with Crippen molar-refractivity contribution in [2.45, 2.75) is 92.3 Å². The average Bonchev–Trinajstić information content (AvgIpc) is 2.85. The summed E-state index contributed by atoms with van der Waals surface area (Å²) in [5.41, 5.74) is 1.28. The van der Waals surface area contributed by atoms with Crippen molar-refractivity contribution in [3.63, 3.8) is 0 Å². The van der Waals surface area contributed by atoms with Crippen LogP contribution in [0.15, 0.2) is 36.4 Å². The van der Waals surface area contributed by atoms with Gasteiger partial charge in [-0.3, -0.25) is 9.59 Å². The van der Waals surface area contributed by atoms with Crippen LogP contribution in [0.5, 0.6) is 5.75 Å². The second kappa shape index (κ2) is 14.4. The minimum Gasteiger partial charge on any atom is -0.507 e. The van der Waals surface area contributed by atoms with Crippen molar-refractivity contribution in [3.05, 3.63) is 58.1 Å². The van der Waals surface area contributed by atoms with Gasteiger partial charge in [0, 0.05) is 12.1 Å². The van der Waals surface area contributed by atoms with Crippen LogP contribution in [0.1, 0.15) is 83.5 Å². The van der Waals surface area contributed by atoms with Crippen LogP contribution < -0.4 is 10.6 Å². The van der Waals surface area contributed by atoms with E-state index in [0.29, 0.717) is 22.7 Å². The fourth-order valence-corrected chi connectivity index (χ4v) is 4.63. The maximum absolute atomic E-state index is 14.2. The van der Waals surface area contributed by atoms with E-state index in [1.807, 2.05) is 33.8 Å². The number of benzene rings is 2. The molecule has 0 fully saturated rings. The molecule has 0 spiro atoms. The first-order chi connectivity index (χ1) is 18.7. The normalized spacial score (nSPS) is 12.9. The van der Waals surface area contributed by atoms with E-state index in [4.69, 9.17) is 16.3 Å². The summed E-state index contributed by atoms with van der Waals surface area (Å²) in [6.07, 6.45) is 1.63. The lowest BCUT2D eigenvalue weighted by Gasteiger charge is -2.36. The number of rotatable bonds is 11. The Labute approximate surface area is 243 Å². The maximum atomic E-state index is 14.2. The number of anilines is 1. The molecule has 0 aliphatic rings. The fraction of sp³-hybridized carbons (Fsp3) is 0.516. The van der Waals surface area contributed by atoms with Gasteiger partial charge >= 0.3 is 6.09 Å². The quantitative estimate of drug-likeness (QED) is 0.253. The summed E-state index contributed by atoms with van der Waals surface area (Å²) in [6, 6.07) is 8.22. The molecule has 2 atom stereocenters. The van der Waals surface area contributed by atoms with Gasteiger partial charge in [-0.05, 0) is 64.2 Å². The molecule has 220 valence electrons. The molecule has 2 aromatic rings. The Kier molecular flexibility index (Phi) is 11.9. The predicted octanol–water partition coefficient (Wildman–Crippen LogP) is 6.91. The number of amides is 3. The summed E-state index contributed by atoms with van der Waals surface area (Å²) in [5.74, 6) is -1.36. The highest BCUT2D eigenvalue weighted by Gasteiger charge is 2.38. The van der Waals surface area contributed by atoms with Crippen molar-refractivity contribution in [1.82, 2.24) is 10.2 Å². The highest BCUT2D eigenvalue weighted by Crippen LogP contribution is 2.35. The van der Waals surface area contributed by atoms with Crippen molar-refractivity contribution in [2.75, 3.05) is 11.9 Å². The molecule has 2 rings (SSSR count). The second-order valence-corrected chi connectivity index (χ2v) is 11.9. The van der Waals surface area contributed by atoms with Crippen molar-refractivity contribution in [1.29, 1.82) is 0 Å². The molecule has 0 radical (unpaired) electrons. The van der Waals surface area contributed by atoms with Crippen LogP contribution in [0.3, 0.4) is 0 Å². The molecule has 0 saturated heterocycles. The minimum absolute atomic E-state index is 0.0759. The lowest BCUT2D eigenvalue weighted by atomic mass is 9.96. The van der Waals surface area contributed by atoms with Crippen LogP contribution in [0.4, 0.5) is 10.5 Å². The summed E-state index contributed by atoms with van der Waals surface area (Å²) in [4.78, 5) is 42.5.